The number of carbonyl (C=O) groups is 1. The zero-order chi connectivity index (χ0) is 14.2. The molecule has 1 fully saturated rings. The number of ether oxygens (including phenoxy) is 2. The van der Waals surface area contributed by atoms with E-state index in [2.05, 4.69) is 11.3 Å². The van der Waals surface area contributed by atoms with Crippen LogP contribution in [0.4, 0.5) is 13.2 Å². The lowest BCUT2D eigenvalue weighted by molar-refractivity contribution is -0.391. The Bertz CT molecular complexity index is 366. The summed E-state index contributed by atoms with van der Waals surface area (Å²) in [5.74, 6) is -4.07. The van der Waals surface area contributed by atoms with Gasteiger partial charge in [0.25, 0.3) is 5.79 Å². The zero-order valence-electron chi connectivity index (χ0n) is 10.1. The van der Waals surface area contributed by atoms with Crippen molar-refractivity contribution >= 4 is 5.97 Å². The van der Waals surface area contributed by atoms with Crippen LogP contribution in [-0.2, 0) is 14.3 Å². The largest absolute Gasteiger partial charge is 0.456 e. The fourth-order valence-electron chi connectivity index (χ4n) is 1.66. The molecule has 7 heteroatoms. The molecular weight excluding hydrogens is 253 g/mol. The molecule has 0 aliphatic carbocycles. The molecule has 0 spiro atoms. The van der Waals surface area contributed by atoms with E-state index in [1.54, 1.807) is 0 Å². The highest BCUT2D eigenvalue weighted by molar-refractivity contribution is 5.87. The lowest BCUT2D eigenvalue weighted by Gasteiger charge is -2.42. The van der Waals surface area contributed by atoms with E-state index in [-0.39, 0.29) is 18.6 Å². The summed E-state index contributed by atoms with van der Waals surface area (Å²) < 4.78 is 47.2. The van der Waals surface area contributed by atoms with Crippen molar-refractivity contribution in [3.8, 4) is 0 Å². The maximum atomic E-state index is 12.6. The highest BCUT2D eigenvalue weighted by atomic mass is 19.4. The van der Waals surface area contributed by atoms with Crippen LogP contribution in [0.1, 0.15) is 26.7 Å². The molecule has 1 aliphatic rings. The van der Waals surface area contributed by atoms with Crippen LogP contribution in [0.5, 0.6) is 0 Å². The third kappa shape index (κ3) is 3.02. The van der Waals surface area contributed by atoms with Gasteiger partial charge in [0.15, 0.2) is 0 Å². The van der Waals surface area contributed by atoms with Gasteiger partial charge in [0.2, 0.25) is 0 Å². The van der Waals surface area contributed by atoms with E-state index in [0.29, 0.717) is 0 Å². The first kappa shape index (κ1) is 15.0. The fraction of sp³-hybridized carbons (Fsp3) is 0.727. The Morgan fingerprint density at radius 3 is 2.50 bits per heavy atom. The minimum absolute atomic E-state index is 0.0738. The molecular formula is C11H15F3O4. The molecule has 1 rings (SSSR count). The van der Waals surface area contributed by atoms with Crippen molar-refractivity contribution < 1.29 is 32.5 Å². The van der Waals surface area contributed by atoms with Gasteiger partial charge < -0.3 is 14.6 Å². The summed E-state index contributed by atoms with van der Waals surface area (Å²) in [4.78, 5) is 11.4. The van der Waals surface area contributed by atoms with Crippen LogP contribution in [0.25, 0.3) is 0 Å². The molecule has 1 N–H and O–H groups in total. The third-order valence-electron chi connectivity index (χ3n) is 2.72. The quantitative estimate of drug-likeness (QED) is 0.614. The average Bonchev–Trinajstić information content (AvgIpc) is 2.14. The van der Waals surface area contributed by atoms with Gasteiger partial charge in [-0.2, -0.15) is 13.2 Å². The lowest BCUT2D eigenvalue weighted by atomic mass is 9.89. The van der Waals surface area contributed by atoms with Crippen LogP contribution < -0.4 is 0 Å². The maximum absolute atomic E-state index is 12.6. The Hall–Kier alpha value is -1.08. The van der Waals surface area contributed by atoms with Crippen LogP contribution in [0.3, 0.4) is 0 Å². The third-order valence-corrected chi connectivity index (χ3v) is 2.72. The van der Waals surface area contributed by atoms with Crippen LogP contribution >= 0.6 is 0 Å². The van der Waals surface area contributed by atoms with Crippen LogP contribution in [0.2, 0.25) is 0 Å². The number of esters is 1. The number of hydrogen-bond acceptors (Lipinski definition) is 4. The predicted molar refractivity (Wildman–Crippen MR) is 55.5 cm³/mol. The summed E-state index contributed by atoms with van der Waals surface area (Å²) in [6, 6.07) is 0. The van der Waals surface area contributed by atoms with Crippen molar-refractivity contribution in [3.63, 3.8) is 0 Å². The fourth-order valence-corrected chi connectivity index (χ4v) is 1.66. The van der Waals surface area contributed by atoms with Crippen molar-refractivity contribution in [1.82, 2.24) is 0 Å². The van der Waals surface area contributed by atoms with Crippen LogP contribution in [0, 0.1) is 0 Å². The van der Waals surface area contributed by atoms with Gasteiger partial charge in [0.05, 0.1) is 13.0 Å². The average molecular weight is 268 g/mol. The van der Waals surface area contributed by atoms with E-state index in [0.717, 1.165) is 0 Å². The van der Waals surface area contributed by atoms with E-state index in [1.807, 2.05) is 0 Å². The molecule has 0 aromatic heterocycles. The molecule has 0 radical (unpaired) electrons. The van der Waals surface area contributed by atoms with E-state index in [9.17, 15) is 23.1 Å². The molecule has 104 valence electrons. The van der Waals surface area contributed by atoms with Crippen LogP contribution in [-0.4, -0.2) is 35.2 Å². The standard InChI is InChI=1S/C11H15F3O4/c1-7(2)8(15)18-9(3)4-5-17-10(16,6-9)11(12,13)14/h16H,1,4-6H2,2-3H3. The molecule has 4 nitrogen and oxygen atoms in total. The van der Waals surface area contributed by atoms with E-state index in [1.165, 1.54) is 13.8 Å². The first-order chi connectivity index (χ1) is 7.99. The normalized spacial score (nSPS) is 33.0. The topological polar surface area (TPSA) is 55.8 Å². The van der Waals surface area contributed by atoms with E-state index in [4.69, 9.17) is 4.74 Å². The lowest BCUT2D eigenvalue weighted by Crippen LogP contribution is -2.57. The predicted octanol–water partition coefficient (Wildman–Crippen LogP) is 1.93. The molecule has 0 aromatic carbocycles. The molecule has 0 bridgehead atoms. The number of rotatable bonds is 2. The molecule has 1 saturated heterocycles. The van der Waals surface area contributed by atoms with Gasteiger partial charge in [-0.1, -0.05) is 6.58 Å². The Labute approximate surface area is 102 Å². The molecule has 1 heterocycles. The highest BCUT2D eigenvalue weighted by Gasteiger charge is 2.61. The Balaban J connectivity index is 2.85. The second-order valence-corrected chi connectivity index (χ2v) is 4.68. The Kier molecular flexibility index (Phi) is 3.78. The Morgan fingerprint density at radius 2 is 2.06 bits per heavy atom. The van der Waals surface area contributed by atoms with Crippen molar-refractivity contribution in [2.45, 2.75) is 44.3 Å². The summed E-state index contributed by atoms with van der Waals surface area (Å²) in [5.41, 5.74) is -1.35. The van der Waals surface area contributed by atoms with Gasteiger partial charge in [-0.25, -0.2) is 4.79 Å². The molecule has 0 saturated carbocycles. The van der Waals surface area contributed by atoms with Crippen molar-refractivity contribution in [3.05, 3.63) is 12.2 Å². The van der Waals surface area contributed by atoms with Gasteiger partial charge in [-0.15, -0.1) is 0 Å². The second-order valence-electron chi connectivity index (χ2n) is 4.68. The van der Waals surface area contributed by atoms with Crippen molar-refractivity contribution in [2.24, 2.45) is 0 Å². The number of halogens is 3. The number of carbonyl (C=O) groups excluding carboxylic acids is 1. The summed E-state index contributed by atoms with van der Waals surface area (Å²) in [6.45, 7) is 5.71. The first-order valence-electron chi connectivity index (χ1n) is 5.31. The van der Waals surface area contributed by atoms with Gasteiger partial charge in [-0.05, 0) is 13.8 Å². The minimum atomic E-state index is -4.94. The van der Waals surface area contributed by atoms with Gasteiger partial charge in [-0.3, -0.25) is 0 Å². The molecule has 2 atom stereocenters. The number of hydrogen-bond donors (Lipinski definition) is 1. The summed E-state index contributed by atoms with van der Waals surface area (Å²) in [6.07, 6.45) is -5.72. The monoisotopic (exact) mass is 268 g/mol. The zero-order valence-corrected chi connectivity index (χ0v) is 10.1. The molecule has 2 unspecified atom stereocenters. The number of aliphatic hydroxyl groups is 1. The van der Waals surface area contributed by atoms with Gasteiger partial charge >= 0.3 is 12.1 Å². The smallest absolute Gasteiger partial charge is 0.443 e. The SMILES string of the molecule is C=C(C)C(=O)OC1(C)CCOC(O)(C(F)(F)F)C1. The first-order valence-corrected chi connectivity index (χ1v) is 5.31. The van der Waals surface area contributed by atoms with Crippen molar-refractivity contribution in [2.75, 3.05) is 6.61 Å². The van der Waals surface area contributed by atoms with Gasteiger partial charge in [0, 0.05) is 12.0 Å². The van der Waals surface area contributed by atoms with Gasteiger partial charge in [0.1, 0.15) is 5.60 Å². The summed E-state index contributed by atoms with van der Waals surface area (Å²) >= 11 is 0. The van der Waals surface area contributed by atoms with E-state index < -0.39 is 30.0 Å². The van der Waals surface area contributed by atoms with Crippen LogP contribution in [0.15, 0.2) is 12.2 Å². The van der Waals surface area contributed by atoms with Crippen molar-refractivity contribution in [1.29, 1.82) is 0 Å². The molecule has 1 aliphatic heterocycles. The maximum Gasteiger partial charge on any atom is 0.443 e. The minimum Gasteiger partial charge on any atom is -0.456 e. The Morgan fingerprint density at radius 1 is 1.50 bits per heavy atom. The summed E-state index contributed by atoms with van der Waals surface area (Å²) in [7, 11) is 0. The highest BCUT2D eigenvalue weighted by Crippen LogP contribution is 2.43. The second kappa shape index (κ2) is 4.55. The molecule has 0 aromatic rings. The summed E-state index contributed by atoms with van der Waals surface area (Å²) in [5, 5.41) is 9.43. The van der Waals surface area contributed by atoms with E-state index >= 15 is 0 Å². The molecule has 18 heavy (non-hydrogen) atoms. The molecule has 0 amide bonds. The number of alkyl halides is 3.